The van der Waals surface area contributed by atoms with E-state index >= 15 is 0 Å². The standard InChI is InChI=1S/C20H24N8/c1-2-8-17-16(7-1)15(13-21-17)14-22-26-18-23-19(27-9-3-4-10-27)25-20(24-18)28-11-5-6-12-28/h1-2,7-8,13-14,21H,3-6,9-12H2,(H,23,24,25,26)/b22-14+. The molecule has 5 rings (SSSR count). The second kappa shape index (κ2) is 7.46. The topological polar surface area (TPSA) is 85.3 Å². The molecular formula is C20H24N8. The Morgan fingerprint density at radius 1 is 0.893 bits per heavy atom. The van der Waals surface area contributed by atoms with Crippen LogP contribution in [0.5, 0.6) is 0 Å². The quantitative estimate of drug-likeness (QED) is 0.526. The average Bonchev–Trinajstić information content (AvgIpc) is 3.49. The predicted molar refractivity (Wildman–Crippen MR) is 112 cm³/mol. The maximum Gasteiger partial charge on any atom is 0.250 e. The molecular weight excluding hydrogens is 352 g/mol. The predicted octanol–water partition coefficient (Wildman–Crippen LogP) is 3.00. The Balaban J connectivity index is 1.40. The summed E-state index contributed by atoms with van der Waals surface area (Å²) in [5.41, 5.74) is 5.13. The van der Waals surface area contributed by atoms with Gasteiger partial charge in [0.2, 0.25) is 17.8 Å². The van der Waals surface area contributed by atoms with Gasteiger partial charge in [0.15, 0.2) is 0 Å². The smallest absolute Gasteiger partial charge is 0.250 e. The molecule has 2 fully saturated rings. The molecule has 8 heteroatoms. The maximum absolute atomic E-state index is 4.73. The van der Waals surface area contributed by atoms with E-state index in [-0.39, 0.29) is 0 Å². The fraction of sp³-hybridized carbons (Fsp3) is 0.400. The van der Waals surface area contributed by atoms with Crippen molar-refractivity contribution in [3.05, 3.63) is 36.0 Å². The van der Waals surface area contributed by atoms with Crippen molar-refractivity contribution in [2.45, 2.75) is 25.7 Å². The minimum Gasteiger partial charge on any atom is -0.361 e. The van der Waals surface area contributed by atoms with Crippen LogP contribution < -0.4 is 15.2 Å². The van der Waals surface area contributed by atoms with Gasteiger partial charge in [-0.2, -0.15) is 20.1 Å². The normalized spacial score (nSPS) is 17.3. The van der Waals surface area contributed by atoms with Gasteiger partial charge in [0, 0.05) is 48.8 Å². The second-order valence-corrected chi connectivity index (χ2v) is 7.31. The van der Waals surface area contributed by atoms with Gasteiger partial charge in [-0.25, -0.2) is 5.43 Å². The molecule has 0 radical (unpaired) electrons. The molecule has 2 N–H and O–H groups in total. The molecule has 144 valence electrons. The summed E-state index contributed by atoms with van der Waals surface area (Å²) in [7, 11) is 0. The lowest BCUT2D eigenvalue weighted by Crippen LogP contribution is -2.25. The van der Waals surface area contributed by atoms with Crippen molar-refractivity contribution in [3.8, 4) is 0 Å². The van der Waals surface area contributed by atoms with Crippen LogP contribution in [0.2, 0.25) is 0 Å². The molecule has 0 unspecified atom stereocenters. The molecule has 0 spiro atoms. The first-order chi connectivity index (χ1) is 13.9. The third-order valence-electron chi connectivity index (χ3n) is 5.38. The Labute approximate surface area is 163 Å². The number of H-pyrrole nitrogens is 1. The number of benzene rings is 1. The number of aromatic amines is 1. The number of anilines is 3. The summed E-state index contributed by atoms with van der Waals surface area (Å²) in [5, 5.41) is 5.52. The van der Waals surface area contributed by atoms with Crippen molar-refractivity contribution >= 4 is 35.0 Å². The van der Waals surface area contributed by atoms with Gasteiger partial charge < -0.3 is 14.8 Å². The summed E-state index contributed by atoms with van der Waals surface area (Å²) in [6, 6.07) is 8.17. The Morgan fingerprint density at radius 2 is 1.54 bits per heavy atom. The molecule has 2 saturated heterocycles. The molecule has 2 aliphatic rings. The minimum absolute atomic E-state index is 0.495. The van der Waals surface area contributed by atoms with Crippen LogP contribution >= 0.6 is 0 Å². The molecule has 0 aliphatic carbocycles. The lowest BCUT2D eigenvalue weighted by Gasteiger charge is -2.20. The first-order valence-corrected chi connectivity index (χ1v) is 9.98. The summed E-state index contributed by atoms with van der Waals surface area (Å²) in [4.78, 5) is 21.7. The lowest BCUT2D eigenvalue weighted by molar-refractivity contribution is 0.838. The molecule has 28 heavy (non-hydrogen) atoms. The summed E-state index contributed by atoms with van der Waals surface area (Å²) < 4.78 is 0. The van der Waals surface area contributed by atoms with Gasteiger partial charge in [-0.3, -0.25) is 0 Å². The van der Waals surface area contributed by atoms with Crippen molar-refractivity contribution < 1.29 is 0 Å². The van der Waals surface area contributed by atoms with Crippen LogP contribution in [0.1, 0.15) is 31.2 Å². The zero-order valence-electron chi connectivity index (χ0n) is 15.8. The minimum atomic E-state index is 0.495. The summed E-state index contributed by atoms with van der Waals surface area (Å²) in [6.07, 6.45) is 8.50. The Hall–Kier alpha value is -3.16. The molecule has 3 aromatic rings. The SMILES string of the molecule is C(=N\Nc1nc(N2CCCC2)nc(N2CCCC2)n1)/c1c[nH]c2ccccc12. The van der Waals surface area contributed by atoms with Crippen LogP contribution in [0.15, 0.2) is 35.6 Å². The van der Waals surface area contributed by atoms with Crippen molar-refractivity contribution in [2.75, 3.05) is 41.4 Å². The Bertz CT molecular complexity index is 949. The van der Waals surface area contributed by atoms with Crippen molar-refractivity contribution in [1.82, 2.24) is 19.9 Å². The van der Waals surface area contributed by atoms with Crippen molar-refractivity contribution in [2.24, 2.45) is 5.10 Å². The van der Waals surface area contributed by atoms with E-state index in [1.54, 1.807) is 6.21 Å². The Kier molecular flexibility index (Phi) is 4.52. The number of para-hydroxylation sites is 1. The first-order valence-electron chi connectivity index (χ1n) is 9.98. The van der Waals surface area contributed by atoms with Gasteiger partial charge in [0.05, 0.1) is 6.21 Å². The number of fused-ring (bicyclic) bond motifs is 1. The summed E-state index contributed by atoms with van der Waals surface area (Å²) >= 11 is 0. The number of nitrogens with zero attached hydrogens (tertiary/aromatic N) is 6. The molecule has 0 amide bonds. The molecule has 2 aliphatic heterocycles. The molecule has 1 aromatic carbocycles. The van der Waals surface area contributed by atoms with E-state index in [0.29, 0.717) is 5.95 Å². The van der Waals surface area contributed by atoms with Crippen LogP contribution in [0, 0.1) is 0 Å². The fourth-order valence-corrected chi connectivity index (χ4v) is 3.88. The number of hydrogen-bond donors (Lipinski definition) is 2. The molecule has 8 nitrogen and oxygen atoms in total. The zero-order chi connectivity index (χ0) is 18.8. The molecule has 0 bridgehead atoms. The molecule has 4 heterocycles. The Morgan fingerprint density at radius 3 is 2.21 bits per heavy atom. The van der Waals surface area contributed by atoms with E-state index in [9.17, 15) is 0 Å². The summed E-state index contributed by atoms with van der Waals surface area (Å²) in [5.74, 6) is 1.99. The number of hydrazone groups is 1. The zero-order valence-corrected chi connectivity index (χ0v) is 15.8. The van der Waals surface area contributed by atoms with Gasteiger partial charge in [-0.05, 0) is 31.7 Å². The first kappa shape index (κ1) is 17.0. The van der Waals surface area contributed by atoms with Gasteiger partial charge in [-0.1, -0.05) is 18.2 Å². The third kappa shape index (κ3) is 3.37. The number of nitrogens with one attached hydrogen (secondary N) is 2. The highest BCUT2D eigenvalue weighted by atomic mass is 15.4. The van der Waals surface area contributed by atoms with E-state index < -0.39 is 0 Å². The van der Waals surface area contributed by atoms with E-state index in [1.807, 2.05) is 18.3 Å². The van der Waals surface area contributed by atoms with Crippen LogP contribution in [0.4, 0.5) is 17.8 Å². The van der Waals surface area contributed by atoms with Crippen molar-refractivity contribution in [1.29, 1.82) is 0 Å². The van der Waals surface area contributed by atoms with Gasteiger partial charge in [-0.15, -0.1) is 0 Å². The van der Waals surface area contributed by atoms with Crippen molar-refractivity contribution in [3.63, 3.8) is 0 Å². The number of aromatic nitrogens is 4. The van der Waals surface area contributed by atoms with Crippen LogP contribution in [-0.4, -0.2) is 52.3 Å². The number of rotatable bonds is 5. The van der Waals surface area contributed by atoms with E-state index in [4.69, 9.17) is 4.98 Å². The van der Waals surface area contributed by atoms with E-state index in [2.05, 4.69) is 47.4 Å². The van der Waals surface area contributed by atoms with E-state index in [1.165, 1.54) is 25.7 Å². The molecule has 0 atom stereocenters. The highest BCUT2D eigenvalue weighted by Gasteiger charge is 2.21. The average molecular weight is 376 g/mol. The maximum atomic E-state index is 4.73. The largest absolute Gasteiger partial charge is 0.361 e. The second-order valence-electron chi connectivity index (χ2n) is 7.31. The lowest BCUT2D eigenvalue weighted by atomic mass is 10.2. The van der Waals surface area contributed by atoms with Gasteiger partial charge >= 0.3 is 0 Å². The van der Waals surface area contributed by atoms with Crippen LogP contribution in [0.3, 0.4) is 0 Å². The summed E-state index contributed by atoms with van der Waals surface area (Å²) in [6.45, 7) is 4.01. The monoisotopic (exact) mass is 376 g/mol. The third-order valence-corrected chi connectivity index (χ3v) is 5.38. The van der Waals surface area contributed by atoms with Gasteiger partial charge in [0.1, 0.15) is 0 Å². The van der Waals surface area contributed by atoms with Gasteiger partial charge in [0.25, 0.3) is 0 Å². The molecule has 2 aromatic heterocycles. The number of hydrogen-bond acceptors (Lipinski definition) is 7. The fourth-order valence-electron chi connectivity index (χ4n) is 3.88. The van der Waals surface area contributed by atoms with Crippen LogP contribution in [-0.2, 0) is 0 Å². The van der Waals surface area contributed by atoms with Crippen LogP contribution in [0.25, 0.3) is 10.9 Å². The molecule has 0 saturated carbocycles. The highest BCUT2D eigenvalue weighted by molar-refractivity contribution is 5.99. The highest BCUT2D eigenvalue weighted by Crippen LogP contribution is 2.23. The van der Waals surface area contributed by atoms with E-state index in [0.717, 1.165) is 54.5 Å².